The SMILES string of the molecule is C=C1CCC(N(C)C(=O)c2ccc(N3CCN(CC(OCC)OCC)CC3)cc2C=O)C(=O)N1.CC.CC. The van der Waals surface area contributed by atoms with Crippen molar-refractivity contribution in [2.75, 3.05) is 57.9 Å². The fourth-order valence-corrected chi connectivity index (χ4v) is 4.43. The molecule has 38 heavy (non-hydrogen) atoms. The van der Waals surface area contributed by atoms with Crippen LogP contribution in [0.25, 0.3) is 0 Å². The van der Waals surface area contributed by atoms with E-state index in [1.54, 1.807) is 19.2 Å². The van der Waals surface area contributed by atoms with Gasteiger partial charge in [0.25, 0.3) is 5.91 Å². The number of anilines is 1. The lowest BCUT2D eigenvalue weighted by atomic mass is 10.0. The lowest BCUT2D eigenvalue weighted by molar-refractivity contribution is -0.147. The van der Waals surface area contributed by atoms with Crippen LogP contribution in [0, 0.1) is 0 Å². The van der Waals surface area contributed by atoms with E-state index >= 15 is 0 Å². The van der Waals surface area contributed by atoms with Gasteiger partial charge in [0, 0.05) is 69.9 Å². The van der Waals surface area contributed by atoms with Crippen LogP contribution in [0.1, 0.15) is 75.1 Å². The number of nitrogens with one attached hydrogen (secondary N) is 1. The van der Waals surface area contributed by atoms with Gasteiger partial charge in [-0.05, 0) is 44.9 Å². The van der Waals surface area contributed by atoms with E-state index < -0.39 is 6.04 Å². The lowest BCUT2D eigenvalue weighted by Gasteiger charge is -2.37. The zero-order chi connectivity index (χ0) is 28.7. The van der Waals surface area contributed by atoms with E-state index in [0.29, 0.717) is 49.2 Å². The number of carbonyl (C=O) groups excluding carboxylic acids is 3. The van der Waals surface area contributed by atoms with Crippen molar-refractivity contribution in [3.63, 3.8) is 0 Å². The summed E-state index contributed by atoms with van der Waals surface area (Å²) in [4.78, 5) is 43.2. The van der Waals surface area contributed by atoms with Crippen molar-refractivity contribution in [1.82, 2.24) is 15.1 Å². The van der Waals surface area contributed by atoms with Gasteiger partial charge in [0.15, 0.2) is 12.6 Å². The number of carbonyl (C=O) groups is 3. The van der Waals surface area contributed by atoms with E-state index in [2.05, 4.69) is 21.7 Å². The van der Waals surface area contributed by atoms with Gasteiger partial charge in [0.05, 0.1) is 5.56 Å². The zero-order valence-corrected chi connectivity index (χ0v) is 24.4. The number of hydrogen-bond acceptors (Lipinski definition) is 7. The second-order valence-corrected chi connectivity index (χ2v) is 8.58. The number of benzene rings is 1. The molecule has 2 aliphatic rings. The average Bonchev–Trinajstić information content (AvgIpc) is 2.95. The summed E-state index contributed by atoms with van der Waals surface area (Å²) in [5.74, 6) is -0.589. The highest BCUT2D eigenvalue weighted by atomic mass is 16.7. The van der Waals surface area contributed by atoms with Crippen LogP contribution in [0.2, 0.25) is 0 Å². The van der Waals surface area contributed by atoms with Crippen molar-refractivity contribution < 1.29 is 23.9 Å². The maximum atomic E-state index is 13.1. The second kappa shape index (κ2) is 17.7. The fraction of sp³-hybridized carbons (Fsp3) is 0.621. The highest BCUT2D eigenvalue weighted by Crippen LogP contribution is 2.23. The van der Waals surface area contributed by atoms with Gasteiger partial charge in [0.1, 0.15) is 6.04 Å². The maximum absolute atomic E-state index is 13.1. The molecule has 2 amide bonds. The van der Waals surface area contributed by atoms with Crippen LogP contribution in [-0.2, 0) is 14.3 Å². The Hall–Kier alpha value is -2.75. The van der Waals surface area contributed by atoms with Crippen molar-refractivity contribution in [3.8, 4) is 0 Å². The quantitative estimate of drug-likeness (QED) is 0.361. The average molecular weight is 533 g/mol. The minimum absolute atomic E-state index is 0.227. The number of ether oxygens (including phenoxy) is 2. The molecule has 0 spiro atoms. The molecule has 2 aliphatic heterocycles. The third kappa shape index (κ3) is 9.22. The van der Waals surface area contributed by atoms with Gasteiger partial charge in [-0.3, -0.25) is 19.3 Å². The Morgan fingerprint density at radius 1 is 1.13 bits per heavy atom. The number of amides is 2. The molecule has 0 bridgehead atoms. The molecule has 0 saturated carbocycles. The molecule has 2 fully saturated rings. The van der Waals surface area contributed by atoms with E-state index in [-0.39, 0.29) is 18.1 Å². The molecule has 214 valence electrons. The summed E-state index contributed by atoms with van der Waals surface area (Å²) in [5, 5.41) is 2.70. The number of piperazine rings is 1. The number of rotatable bonds is 10. The molecule has 0 aliphatic carbocycles. The molecule has 1 N–H and O–H groups in total. The Morgan fingerprint density at radius 3 is 2.26 bits per heavy atom. The molecule has 3 rings (SSSR count). The largest absolute Gasteiger partial charge is 0.369 e. The van der Waals surface area contributed by atoms with Crippen molar-refractivity contribution in [2.45, 2.75) is 66.7 Å². The molecule has 1 aromatic carbocycles. The maximum Gasteiger partial charge on any atom is 0.255 e. The number of piperidine rings is 1. The predicted octanol–water partition coefficient (Wildman–Crippen LogP) is 3.94. The number of allylic oxidation sites excluding steroid dienone is 1. The fourth-order valence-electron chi connectivity index (χ4n) is 4.43. The third-order valence-electron chi connectivity index (χ3n) is 6.35. The molecule has 1 aromatic rings. The predicted molar refractivity (Wildman–Crippen MR) is 153 cm³/mol. The van der Waals surface area contributed by atoms with Crippen molar-refractivity contribution in [3.05, 3.63) is 41.6 Å². The van der Waals surface area contributed by atoms with Crippen LogP contribution in [0.15, 0.2) is 30.5 Å². The topological polar surface area (TPSA) is 91.4 Å². The van der Waals surface area contributed by atoms with Gasteiger partial charge in [-0.25, -0.2) is 0 Å². The van der Waals surface area contributed by atoms with Gasteiger partial charge in [-0.15, -0.1) is 0 Å². The molecule has 2 saturated heterocycles. The van der Waals surface area contributed by atoms with Crippen LogP contribution in [0.3, 0.4) is 0 Å². The number of aldehydes is 1. The molecule has 0 radical (unpaired) electrons. The minimum Gasteiger partial charge on any atom is -0.369 e. The van der Waals surface area contributed by atoms with E-state index in [1.165, 1.54) is 4.90 Å². The van der Waals surface area contributed by atoms with Crippen LogP contribution in [-0.4, -0.2) is 93.2 Å². The molecule has 0 aromatic heterocycles. The van der Waals surface area contributed by atoms with Gasteiger partial charge in [-0.1, -0.05) is 34.3 Å². The van der Waals surface area contributed by atoms with Crippen LogP contribution in [0.4, 0.5) is 5.69 Å². The number of hydrogen-bond donors (Lipinski definition) is 1. The molecule has 1 atom stereocenters. The summed E-state index contributed by atoms with van der Waals surface area (Å²) >= 11 is 0. The molecule has 1 unspecified atom stereocenters. The lowest BCUT2D eigenvalue weighted by Crippen LogP contribution is -2.50. The molecule has 9 heteroatoms. The van der Waals surface area contributed by atoms with Gasteiger partial charge in [-0.2, -0.15) is 0 Å². The normalized spacial score (nSPS) is 17.6. The molecular weight excluding hydrogens is 484 g/mol. The molecular formula is C29H48N4O5. The first-order chi connectivity index (χ1) is 18.4. The Labute approximate surface area is 229 Å². The van der Waals surface area contributed by atoms with Crippen LogP contribution in [0.5, 0.6) is 0 Å². The Balaban J connectivity index is 0.00000172. The highest BCUT2D eigenvalue weighted by molar-refractivity contribution is 6.03. The van der Waals surface area contributed by atoms with E-state index in [0.717, 1.165) is 38.4 Å². The molecule has 2 heterocycles. The number of likely N-dealkylation sites (N-methyl/N-ethyl adjacent to an activating group) is 1. The minimum atomic E-state index is -0.581. The summed E-state index contributed by atoms with van der Waals surface area (Å²) in [7, 11) is 1.60. The Morgan fingerprint density at radius 2 is 1.74 bits per heavy atom. The van der Waals surface area contributed by atoms with Crippen LogP contribution < -0.4 is 10.2 Å². The summed E-state index contributed by atoms with van der Waals surface area (Å²) < 4.78 is 11.3. The Kier molecular flexibility index (Phi) is 15.5. The van der Waals surface area contributed by atoms with E-state index in [9.17, 15) is 14.4 Å². The summed E-state index contributed by atoms with van der Waals surface area (Å²) in [6.07, 6.45) is 1.61. The monoisotopic (exact) mass is 532 g/mol. The smallest absolute Gasteiger partial charge is 0.255 e. The van der Waals surface area contributed by atoms with Crippen molar-refractivity contribution >= 4 is 23.8 Å². The summed E-state index contributed by atoms with van der Waals surface area (Å²) in [5.41, 5.74) is 2.18. The number of nitrogens with zero attached hydrogens (tertiary/aromatic N) is 3. The highest BCUT2D eigenvalue weighted by Gasteiger charge is 2.32. The summed E-state index contributed by atoms with van der Waals surface area (Å²) in [6.45, 7) is 20.9. The zero-order valence-electron chi connectivity index (χ0n) is 24.4. The van der Waals surface area contributed by atoms with E-state index in [1.807, 2.05) is 47.6 Å². The summed E-state index contributed by atoms with van der Waals surface area (Å²) in [6, 6.07) is 4.73. The second-order valence-electron chi connectivity index (χ2n) is 8.58. The van der Waals surface area contributed by atoms with Crippen molar-refractivity contribution in [2.24, 2.45) is 0 Å². The van der Waals surface area contributed by atoms with Gasteiger partial charge >= 0.3 is 0 Å². The van der Waals surface area contributed by atoms with E-state index in [4.69, 9.17) is 9.47 Å². The third-order valence-corrected chi connectivity index (χ3v) is 6.35. The standard InChI is InChI=1S/C25H36N4O5.2C2H6/c1-5-33-23(34-6-2)16-28-11-13-29(14-12-28)20-8-9-21(19(15-20)17-30)25(32)27(4)22-10-7-18(3)26-24(22)31;2*1-2/h8-9,15,17,22-23H,3,5-7,10-14,16H2,1-2,4H3,(H,26,31);2*1-2H3. The van der Waals surface area contributed by atoms with Crippen molar-refractivity contribution in [1.29, 1.82) is 0 Å². The first-order valence-electron chi connectivity index (χ1n) is 13.9. The molecule has 9 nitrogen and oxygen atoms in total. The van der Waals surface area contributed by atoms with Gasteiger partial charge in [0.2, 0.25) is 5.91 Å². The first kappa shape index (κ1) is 33.3. The Bertz CT molecular complexity index is 893. The first-order valence-corrected chi connectivity index (χ1v) is 13.9. The van der Waals surface area contributed by atoms with Gasteiger partial charge < -0.3 is 24.6 Å². The van der Waals surface area contributed by atoms with Crippen LogP contribution >= 0.6 is 0 Å².